The number of aryl methyl sites for hydroxylation is 1. The summed E-state index contributed by atoms with van der Waals surface area (Å²) in [6.45, 7) is 0. The van der Waals surface area contributed by atoms with Crippen LogP contribution in [-0.4, -0.2) is 4.57 Å². The molecule has 8 aromatic carbocycles. The van der Waals surface area contributed by atoms with Crippen molar-refractivity contribution in [3.8, 4) is 27.9 Å². The van der Waals surface area contributed by atoms with E-state index in [1.165, 1.54) is 97.4 Å². The van der Waals surface area contributed by atoms with Gasteiger partial charge in [0, 0.05) is 42.9 Å². The van der Waals surface area contributed by atoms with Gasteiger partial charge in [0.05, 0.1) is 21.4 Å². The first-order chi connectivity index (χ1) is 26.8. The summed E-state index contributed by atoms with van der Waals surface area (Å²) in [6.07, 6.45) is 2.04. The first-order valence-corrected chi connectivity index (χ1v) is 19.7. The fraction of sp³-hybridized carbons (Fsp3) is 0.0588. The number of thiophene rings is 1. The van der Waals surface area contributed by atoms with Crippen LogP contribution in [0, 0.1) is 0 Å². The molecule has 12 rings (SSSR count). The lowest BCUT2D eigenvalue weighted by Crippen LogP contribution is -1.99. The Morgan fingerprint density at radius 3 is 2.17 bits per heavy atom. The highest BCUT2D eigenvalue weighted by Gasteiger charge is 2.29. The molecule has 254 valence electrons. The van der Waals surface area contributed by atoms with E-state index >= 15 is 0 Å². The van der Waals surface area contributed by atoms with E-state index in [1.54, 1.807) is 0 Å². The molecule has 3 aromatic heterocycles. The molecule has 2 nitrogen and oxygen atoms in total. The summed E-state index contributed by atoms with van der Waals surface area (Å²) in [5.74, 6) is 0.355. The molecule has 1 unspecified atom stereocenters. The van der Waals surface area contributed by atoms with E-state index in [1.807, 2.05) is 17.4 Å². The molecule has 54 heavy (non-hydrogen) atoms. The number of rotatable bonds is 5. The molecule has 0 N–H and O–H groups in total. The first-order valence-electron chi connectivity index (χ1n) is 18.8. The van der Waals surface area contributed by atoms with E-state index in [0.717, 1.165) is 24.0 Å². The molecule has 1 aliphatic carbocycles. The SMILES string of the molecule is c1ccc2c(c1)-c1cc(-c3ccc4c(c3)c3ccccc3n4-c3cccc4c3sc3ccccc34)ccc1C2CCc1ccc2c(c1)oc1ccccc12. The second-order valence-corrected chi connectivity index (χ2v) is 15.8. The fourth-order valence-electron chi connectivity index (χ4n) is 9.35. The van der Waals surface area contributed by atoms with Crippen LogP contribution in [0.5, 0.6) is 0 Å². The molecule has 0 bridgehead atoms. The van der Waals surface area contributed by atoms with Gasteiger partial charge in [-0.2, -0.15) is 0 Å². The van der Waals surface area contributed by atoms with Crippen LogP contribution in [0.3, 0.4) is 0 Å². The average molecular weight is 708 g/mol. The number of nitrogens with zero attached hydrogens (tertiary/aromatic N) is 1. The summed E-state index contributed by atoms with van der Waals surface area (Å²) in [5, 5.41) is 7.57. The largest absolute Gasteiger partial charge is 0.456 e. The predicted octanol–water partition coefficient (Wildman–Crippen LogP) is 14.5. The van der Waals surface area contributed by atoms with Crippen LogP contribution in [0.15, 0.2) is 174 Å². The molecule has 0 radical (unpaired) electrons. The number of hydrogen-bond donors (Lipinski definition) is 0. The molecule has 0 saturated carbocycles. The molecule has 0 spiro atoms. The topological polar surface area (TPSA) is 18.1 Å². The molecule has 11 aromatic rings. The van der Waals surface area contributed by atoms with Gasteiger partial charge in [-0.25, -0.2) is 0 Å². The Morgan fingerprint density at radius 1 is 0.481 bits per heavy atom. The summed E-state index contributed by atoms with van der Waals surface area (Å²) in [7, 11) is 0. The maximum atomic E-state index is 6.23. The van der Waals surface area contributed by atoms with Crippen molar-refractivity contribution in [1.29, 1.82) is 0 Å². The van der Waals surface area contributed by atoms with Crippen LogP contribution < -0.4 is 0 Å². The first kappa shape index (κ1) is 30.1. The van der Waals surface area contributed by atoms with Crippen LogP contribution in [-0.2, 0) is 6.42 Å². The molecular weight excluding hydrogens is 675 g/mol. The van der Waals surface area contributed by atoms with Crippen molar-refractivity contribution >= 4 is 75.3 Å². The number of fused-ring (bicyclic) bond motifs is 12. The number of aromatic nitrogens is 1. The van der Waals surface area contributed by atoms with Crippen LogP contribution in [0.1, 0.15) is 29.0 Å². The highest BCUT2D eigenvalue weighted by atomic mass is 32.1. The van der Waals surface area contributed by atoms with Crippen LogP contribution in [0.2, 0.25) is 0 Å². The number of para-hydroxylation sites is 2. The minimum Gasteiger partial charge on any atom is -0.456 e. The Hall–Kier alpha value is -6.42. The second-order valence-electron chi connectivity index (χ2n) is 14.7. The maximum absolute atomic E-state index is 6.23. The molecule has 1 atom stereocenters. The lowest BCUT2D eigenvalue weighted by Gasteiger charge is -2.14. The van der Waals surface area contributed by atoms with E-state index in [4.69, 9.17) is 4.42 Å². The molecule has 0 aliphatic heterocycles. The van der Waals surface area contributed by atoms with Gasteiger partial charge in [0.2, 0.25) is 0 Å². The Kier molecular flexibility index (Phi) is 6.43. The van der Waals surface area contributed by atoms with Gasteiger partial charge in [-0.15, -0.1) is 11.3 Å². The Labute approximate surface area is 316 Å². The quantitative estimate of drug-likeness (QED) is 0.174. The summed E-state index contributed by atoms with van der Waals surface area (Å²) in [6, 6.07) is 62.7. The zero-order chi connectivity index (χ0) is 35.3. The summed E-state index contributed by atoms with van der Waals surface area (Å²) in [4.78, 5) is 0. The normalized spacial score (nSPS) is 13.9. The molecule has 0 saturated heterocycles. The van der Waals surface area contributed by atoms with Gasteiger partial charge in [0.1, 0.15) is 11.2 Å². The average Bonchev–Trinajstić information content (AvgIpc) is 3.97. The van der Waals surface area contributed by atoms with Crippen molar-refractivity contribution in [2.45, 2.75) is 18.8 Å². The molecule has 0 fully saturated rings. The smallest absolute Gasteiger partial charge is 0.135 e. The number of hydrogen-bond acceptors (Lipinski definition) is 2. The Morgan fingerprint density at radius 2 is 1.20 bits per heavy atom. The van der Waals surface area contributed by atoms with Crippen LogP contribution >= 0.6 is 11.3 Å². The third-order valence-corrected chi connectivity index (χ3v) is 13.1. The number of benzene rings is 8. The summed E-state index contributed by atoms with van der Waals surface area (Å²) >= 11 is 1.89. The molecule has 1 aliphatic rings. The minimum absolute atomic E-state index is 0.355. The molecule has 3 heteroatoms. The second kappa shape index (κ2) is 11.5. The predicted molar refractivity (Wildman–Crippen MR) is 228 cm³/mol. The van der Waals surface area contributed by atoms with E-state index in [0.29, 0.717) is 5.92 Å². The highest BCUT2D eigenvalue weighted by Crippen LogP contribution is 2.49. The monoisotopic (exact) mass is 707 g/mol. The van der Waals surface area contributed by atoms with Gasteiger partial charge in [-0.3, -0.25) is 0 Å². The van der Waals surface area contributed by atoms with Crippen molar-refractivity contribution in [2.75, 3.05) is 0 Å². The van der Waals surface area contributed by atoms with E-state index < -0.39 is 0 Å². The lowest BCUT2D eigenvalue weighted by atomic mass is 9.89. The summed E-state index contributed by atoms with van der Waals surface area (Å²) in [5.41, 5.74) is 15.0. The van der Waals surface area contributed by atoms with Gasteiger partial charge in [-0.1, -0.05) is 121 Å². The minimum atomic E-state index is 0.355. The van der Waals surface area contributed by atoms with Crippen molar-refractivity contribution in [3.63, 3.8) is 0 Å². The Balaban J connectivity index is 0.932. The van der Waals surface area contributed by atoms with Crippen LogP contribution in [0.4, 0.5) is 0 Å². The van der Waals surface area contributed by atoms with E-state index in [9.17, 15) is 0 Å². The summed E-state index contributed by atoms with van der Waals surface area (Å²) < 4.78 is 11.4. The lowest BCUT2D eigenvalue weighted by molar-refractivity contribution is 0.666. The van der Waals surface area contributed by atoms with Gasteiger partial charge >= 0.3 is 0 Å². The Bertz CT molecular complexity index is 3300. The molecule has 0 amide bonds. The third kappa shape index (κ3) is 4.39. The maximum Gasteiger partial charge on any atom is 0.135 e. The van der Waals surface area contributed by atoms with Crippen molar-refractivity contribution in [3.05, 3.63) is 187 Å². The molecular formula is C51H33NOS. The van der Waals surface area contributed by atoms with Gasteiger partial charge in [0.25, 0.3) is 0 Å². The van der Waals surface area contributed by atoms with Gasteiger partial charge in [0.15, 0.2) is 0 Å². The van der Waals surface area contributed by atoms with Gasteiger partial charge in [-0.05, 0) is 100 Å². The van der Waals surface area contributed by atoms with Gasteiger partial charge < -0.3 is 8.98 Å². The fourth-order valence-corrected chi connectivity index (χ4v) is 10.6. The van der Waals surface area contributed by atoms with E-state index in [2.05, 4.69) is 168 Å². The zero-order valence-electron chi connectivity index (χ0n) is 29.4. The van der Waals surface area contributed by atoms with Crippen molar-refractivity contribution in [1.82, 2.24) is 4.57 Å². The highest BCUT2D eigenvalue weighted by molar-refractivity contribution is 7.26. The van der Waals surface area contributed by atoms with Crippen molar-refractivity contribution < 1.29 is 4.42 Å². The molecule has 3 heterocycles. The zero-order valence-corrected chi connectivity index (χ0v) is 30.2. The standard InChI is InChI=1S/C51H33NOS/c1-2-11-35-34(10-1)36(24-20-31-21-25-40-39-13-4-7-18-48(39)53-49(40)28-31)37-26-22-32(29-43(35)37)33-23-27-46-44(30-33)38-12-3-6-16-45(38)52(46)47-17-9-15-42-41-14-5-8-19-50(41)54-51(42)47/h1-19,21-23,25-30,36H,20,24H2. The van der Waals surface area contributed by atoms with Crippen LogP contribution in [0.25, 0.3) is 91.9 Å². The van der Waals surface area contributed by atoms with Crippen molar-refractivity contribution in [2.24, 2.45) is 0 Å². The van der Waals surface area contributed by atoms with E-state index in [-0.39, 0.29) is 0 Å². The third-order valence-electron chi connectivity index (χ3n) is 11.9. The number of furan rings is 1.